The van der Waals surface area contributed by atoms with E-state index < -0.39 is 18.1 Å². The quantitative estimate of drug-likeness (QED) is 0.568. The van der Waals surface area contributed by atoms with Crippen LogP contribution in [0.3, 0.4) is 0 Å². The number of amides is 2. The summed E-state index contributed by atoms with van der Waals surface area (Å²) in [5.74, 6) is -1.42. The molecule has 2 aromatic carbocycles. The maximum atomic E-state index is 13.3. The predicted molar refractivity (Wildman–Crippen MR) is 133 cm³/mol. The van der Waals surface area contributed by atoms with Crippen molar-refractivity contribution < 1.29 is 24.2 Å². The molecule has 2 aliphatic rings. The maximum absolute atomic E-state index is 13.3. The molecule has 0 spiro atoms. The zero-order chi connectivity index (χ0) is 24.9. The largest absolute Gasteiger partial charge is 0.481 e. The summed E-state index contributed by atoms with van der Waals surface area (Å²) in [4.78, 5) is 39.0. The monoisotopic (exact) mass is 478 g/mol. The van der Waals surface area contributed by atoms with E-state index in [1.807, 2.05) is 31.2 Å². The molecule has 2 amide bonds. The first-order valence-corrected chi connectivity index (χ1v) is 12.5. The van der Waals surface area contributed by atoms with E-state index in [0.29, 0.717) is 19.4 Å². The Balaban J connectivity index is 1.41. The van der Waals surface area contributed by atoms with E-state index in [2.05, 4.69) is 29.6 Å². The van der Waals surface area contributed by atoms with Crippen LogP contribution < -0.4 is 5.32 Å². The highest BCUT2D eigenvalue weighted by Crippen LogP contribution is 2.44. The van der Waals surface area contributed by atoms with Crippen molar-refractivity contribution in [2.45, 2.75) is 64.0 Å². The van der Waals surface area contributed by atoms with Crippen LogP contribution in [0.5, 0.6) is 0 Å². The third-order valence-electron chi connectivity index (χ3n) is 7.36. The van der Waals surface area contributed by atoms with Gasteiger partial charge in [0.25, 0.3) is 0 Å². The zero-order valence-electron chi connectivity index (χ0n) is 20.4. The number of fused-ring (bicyclic) bond motifs is 3. The van der Waals surface area contributed by atoms with E-state index >= 15 is 0 Å². The van der Waals surface area contributed by atoms with Gasteiger partial charge in [-0.1, -0.05) is 61.4 Å². The number of aliphatic carboxylic acids is 1. The van der Waals surface area contributed by atoms with Crippen LogP contribution in [0.4, 0.5) is 4.79 Å². The third kappa shape index (κ3) is 5.34. The number of hydrogen-bond donors (Lipinski definition) is 2. The fourth-order valence-electron chi connectivity index (χ4n) is 5.65. The van der Waals surface area contributed by atoms with E-state index in [-0.39, 0.29) is 36.8 Å². The Morgan fingerprint density at radius 3 is 2.23 bits per heavy atom. The molecular formula is C28H34N2O5. The van der Waals surface area contributed by atoms with E-state index in [4.69, 9.17) is 9.84 Å². The van der Waals surface area contributed by atoms with Gasteiger partial charge < -0.3 is 20.1 Å². The molecule has 2 aliphatic carbocycles. The van der Waals surface area contributed by atoms with Crippen molar-refractivity contribution in [2.75, 3.05) is 13.2 Å². The second kappa shape index (κ2) is 10.9. The Morgan fingerprint density at radius 1 is 1.03 bits per heavy atom. The van der Waals surface area contributed by atoms with Gasteiger partial charge in [-0.3, -0.25) is 9.59 Å². The number of rotatable bonds is 8. The van der Waals surface area contributed by atoms with E-state index in [0.717, 1.165) is 24.0 Å². The Bertz CT molecular complexity index is 1040. The van der Waals surface area contributed by atoms with Crippen molar-refractivity contribution in [2.24, 2.45) is 5.92 Å². The van der Waals surface area contributed by atoms with Crippen molar-refractivity contribution in [3.8, 4) is 11.1 Å². The van der Waals surface area contributed by atoms with Crippen molar-refractivity contribution in [3.63, 3.8) is 0 Å². The molecule has 4 rings (SSSR count). The van der Waals surface area contributed by atoms with Gasteiger partial charge in [-0.25, -0.2) is 4.79 Å². The predicted octanol–water partition coefficient (Wildman–Crippen LogP) is 4.80. The number of nitrogens with zero attached hydrogens (tertiary/aromatic N) is 1. The SMILES string of the molecule is CCN(C(=O)[C@@H]1CCCC[C@@H]1NC(=O)OCC1c2ccccc2-c2ccccc21)C(C)CC(=O)O. The summed E-state index contributed by atoms with van der Waals surface area (Å²) >= 11 is 0. The molecule has 0 heterocycles. The number of ether oxygens (including phenoxy) is 1. The van der Waals surface area contributed by atoms with Gasteiger partial charge in [-0.05, 0) is 48.9 Å². The minimum Gasteiger partial charge on any atom is -0.481 e. The van der Waals surface area contributed by atoms with Crippen molar-refractivity contribution in [3.05, 3.63) is 59.7 Å². The van der Waals surface area contributed by atoms with Gasteiger partial charge in [0.15, 0.2) is 0 Å². The molecular weight excluding hydrogens is 444 g/mol. The van der Waals surface area contributed by atoms with E-state index in [1.165, 1.54) is 11.1 Å². The normalized spacial score (nSPS) is 19.8. The molecule has 7 heteroatoms. The second-order valence-electron chi connectivity index (χ2n) is 9.54. The molecule has 0 bridgehead atoms. The van der Waals surface area contributed by atoms with Gasteiger partial charge in [-0.2, -0.15) is 0 Å². The molecule has 7 nitrogen and oxygen atoms in total. The molecule has 0 aliphatic heterocycles. The Kier molecular flexibility index (Phi) is 7.73. The van der Waals surface area contributed by atoms with Crippen LogP contribution >= 0.6 is 0 Å². The van der Waals surface area contributed by atoms with Crippen molar-refractivity contribution in [1.82, 2.24) is 10.2 Å². The number of nitrogens with one attached hydrogen (secondary N) is 1. The summed E-state index contributed by atoms with van der Waals surface area (Å²) in [5, 5.41) is 12.1. The van der Waals surface area contributed by atoms with Crippen LogP contribution in [-0.2, 0) is 14.3 Å². The summed E-state index contributed by atoms with van der Waals surface area (Å²) in [6, 6.07) is 15.7. The molecule has 2 aromatic rings. The van der Waals surface area contributed by atoms with Gasteiger partial charge in [-0.15, -0.1) is 0 Å². The fourth-order valence-corrected chi connectivity index (χ4v) is 5.65. The van der Waals surface area contributed by atoms with Crippen LogP contribution in [0.15, 0.2) is 48.5 Å². The van der Waals surface area contributed by atoms with Crippen LogP contribution in [-0.4, -0.2) is 53.2 Å². The fraction of sp³-hybridized carbons (Fsp3) is 0.464. The molecule has 3 atom stereocenters. The molecule has 1 saturated carbocycles. The highest BCUT2D eigenvalue weighted by atomic mass is 16.5. The maximum Gasteiger partial charge on any atom is 0.407 e. The highest BCUT2D eigenvalue weighted by Gasteiger charge is 2.36. The van der Waals surface area contributed by atoms with Gasteiger partial charge in [0.2, 0.25) is 5.91 Å². The number of hydrogen-bond acceptors (Lipinski definition) is 4. The smallest absolute Gasteiger partial charge is 0.407 e. The molecule has 35 heavy (non-hydrogen) atoms. The first-order chi connectivity index (χ1) is 16.9. The number of alkyl carbamates (subject to hydrolysis) is 1. The summed E-state index contributed by atoms with van der Waals surface area (Å²) in [5.41, 5.74) is 4.65. The summed E-state index contributed by atoms with van der Waals surface area (Å²) in [6.07, 6.45) is 2.59. The van der Waals surface area contributed by atoms with Gasteiger partial charge in [0.05, 0.1) is 12.3 Å². The molecule has 186 valence electrons. The average Bonchev–Trinajstić information content (AvgIpc) is 3.17. The second-order valence-corrected chi connectivity index (χ2v) is 9.54. The lowest BCUT2D eigenvalue weighted by atomic mass is 9.83. The molecule has 0 aromatic heterocycles. The minimum absolute atomic E-state index is 0.0237. The summed E-state index contributed by atoms with van der Waals surface area (Å²) < 4.78 is 5.70. The Labute approximate surface area is 206 Å². The highest BCUT2D eigenvalue weighted by molar-refractivity contribution is 5.82. The first kappa shape index (κ1) is 24.8. The van der Waals surface area contributed by atoms with Gasteiger partial charge in [0.1, 0.15) is 6.61 Å². The number of carbonyl (C=O) groups excluding carboxylic acids is 2. The van der Waals surface area contributed by atoms with Crippen LogP contribution in [0.2, 0.25) is 0 Å². The van der Waals surface area contributed by atoms with Crippen LogP contribution in [0.1, 0.15) is 63.0 Å². The number of carboxylic acids is 1. The Morgan fingerprint density at radius 2 is 1.63 bits per heavy atom. The lowest BCUT2D eigenvalue weighted by molar-refractivity contribution is -0.143. The van der Waals surface area contributed by atoms with Gasteiger partial charge >= 0.3 is 12.1 Å². The third-order valence-corrected chi connectivity index (χ3v) is 7.36. The average molecular weight is 479 g/mol. The Hall–Kier alpha value is -3.35. The minimum atomic E-state index is -0.930. The van der Waals surface area contributed by atoms with Crippen LogP contribution in [0.25, 0.3) is 11.1 Å². The van der Waals surface area contributed by atoms with E-state index in [9.17, 15) is 14.4 Å². The molecule has 2 N–H and O–H groups in total. The number of benzene rings is 2. The lowest BCUT2D eigenvalue weighted by Gasteiger charge is -2.36. The van der Waals surface area contributed by atoms with Crippen molar-refractivity contribution in [1.29, 1.82) is 0 Å². The molecule has 0 saturated heterocycles. The van der Waals surface area contributed by atoms with E-state index in [1.54, 1.807) is 11.8 Å². The topological polar surface area (TPSA) is 95.9 Å². The molecule has 0 radical (unpaired) electrons. The first-order valence-electron chi connectivity index (χ1n) is 12.5. The summed E-state index contributed by atoms with van der Waals surface area (Å²) in [7, 11) is 0. The number of carbonyl (C=O) groups is 3. The van der Waals surface area contributed by atoms with Crippen LogP contribution in [0, 0.1) is 5.92 Å². The van der Waals surface area contributed by atoms with Gasteiger partial charge in [0, 0.05) is 24.5 Å². The summed E-state index contributed by atoms with van der Waals surface area (Å²) in [6.45, 7) is 4.27. The number of carboxylic acid groups (broad SMARTS) is 1. The lowest BCUT2D eigenvalue weighted by Crippen LogP contribution is -2.51. The molecule has 1 fully saturated rings. The van der Waals surface area contributed by atoms with Crippen molar-refractivity contribution >= 4 is 18.0 Å². The molecule has 1 unspecified atom stereocenters. The zero-order valence-corrected chi connectivity index (χ0v) is 20.4. The standard InChI is InChI=1S/C28H34N2O5/c1-3-30(18(2)16-26(31)32)27(33)23-14-8-9-15-25(23)29-28(34)35-17-24-21-12-6-4-10-19(21)20-11-5-7-13-22(20)24/h4-7,10-13,18,23-25H,3,8-9,14-17H2,1-2H3,(H,29,34)(H,31,32)/t18?,23-,25+/m1/s1.